The van der Waals surface area contributed by atoms with Crippen LogP contribution in [-0.4, -0.2) is 35.5 Å². The molecule has 1 spiro atoms. The average molecular weight is 517 g/mol. The van der Waals surface area contributed by atoms with Gasteiger partial charge in [0.25, 0.3) is 0 Å². The number of hydrogen-bond donors (Lipinski definition) is 1. The molecule has 7 heteroatoms. The second-order valence-corrected chi connectivity index (χ2v) is 10.0. The van der Waals surface area contributed by atoms with Crippen LogP contribution >= 0.6 is 0 Å². The van der Waals surface area contributed by atoms with Gasteiger partial charge in [-0.05, 0) is 53.1 Å². The molecule has 0 aliphatic carbocycles. The lowest BCUT2D eigenvalue weighted by Gasteiger charge is -2.38. The van der Waals surface area contributed by atoms with Crippen molar-refractivity contribution in [3.63, 3.8) is 0 Å². The summed E-state index contributed by atoms with van der Waals surface area (Å²) >= 11 is 0. The lowest BCUT2D eigenvalue weighted by Crippen LogP contribution is -2.49. The van der Waals surface area contributed by atoms with Gasteiger partial charge in [-0.1, -0.05) is 54.6 Å². The Hall–Kier alpha value is -4.91. The molecule has 0 radical (unpaired) electrons. The normalized spacial score (nSPS) is 24.2. The Kier molecular flexibility index (Phi) is 5.10. The maximum atomic E-state index is 14.5. The van der Waals surface area contributed by atoms with Crippen molar-refractivity contribution >= 4 is 29.2 Å². The number of carbonyl (C=O) groups is 3. The molecule has 0 bridgehead atoms. The van der Waals surface area contributed by atoms with Crippen LogP contribution in [0, 0.1) is 5.92 Å². The van der Waals surface area contributed by atoms with E-state index in [9.17, 15) is 14.4 Å². The van der Waals surface area contributed by atoms with Crippen molar-refractivity contribution in [3.8, 4) is 5.75 Å². The van der Waals surface area contributed by atoms with Gasteiger partial charge in [-0.3, -0.25) is 14.4 Å². The number of carbonyl (C=O) groups excluding carboxylic acids is 3. The van der Waals surface area contributed by atoms with Gasteiger partial charge in [0.1, 0.15) is 17.2 Å². The number of benzene rings is 3. The quantitative estimate of drug-likeness (QED) is 0.364. The zero-order valence-corrected chi connectivity index (χ0v) is 21.0. The minimum atomic E-state index is -1.39. The smallest absolute Gasteiger partial charge is 0.238 e. The monoisotopic (exact) mass is 516 g/mol. The molecule has 1 aromatic heterocycles. The molecule has 7 nitrogen and oxygen atoms in total. The first-order valence-electron chi connectivity index (χ1n) is 12.8. The standard InChI is InChI=1S/C32H24N2O5/c1-38-21-10-6-9-20(18-21)28(35)27-26(29(36)25-14-7-17-39-25)32(23-12-4-5-13-24(23)33-31(32)37)30-22-11-3-2-8-19(22)15-16-34(27)30/h2-18,26-27,30H,1H3,(H,33,37). The molecule has 7 rings (SSSR count). The highest BCUT2D eigenvalue weighted by atomic mass is 16.5. The van der Waals surface area contributed by atoms with Crippen LogP contribution in [0.1, 0.15) is 43.6 Å². The van der Waals surface area contributed by atoms with Crippen molar-refractivity contribution in [2.24, 2.45) is 5.92 Å². The molecule has 4 aromatic rings. The molecule has 0 saturated carbocycles. The second-order valence-electron chi connectivity index (χ2n) is 10.0. The van der Waals surface area contributed by atoms with Crippen molar-refractivity contribution in [2.75, 3.05) is 12.4 Å². The van der Waals surface area contributed by atoms with Gasteiger partial charge >= 0.3 is 0 Å². The number of ketones is 2. The molecule has 1 amide bonds. The van der Waals surface area contributed by atoms with E-state index in [1.807, 2.05) is 65.7 Å². The van der Waals surface area contributed by atoms with E-state index in [1.165, 1.54) is 13.4 Å². The summed E-state index contributed by atoms with van der Waals surface area (Å²) in [5.74, 6) is -1.42. The Balaban J connectivity index is 1.53. The Labute approximate surface area is 224 Å². The van der Waals surface area contributed by atoms with Gasteiger partial charge in [0.2, 0.25) is 11.7 Å². The molecule has 3 aliphatic heterocycles. The van der Waals surface area contributed by atoms with Crippen LogP contribution in [0.25, 0.3) is 6.08 Å². The number of furan rings is 1. The summed E-state index contributed by atoms with van der Waals surface area (Å²) in [5.41, 5.74) is 2.16. The number of para-hydroxylation sites is 1. The zero-order chi connectivity index (χ0) is 26.7. The van der Waals surface area contributed by atoms with Crippen LogP contribution in [-0.2, 0) is 10.2 Å². The number of rotatable bonds is 5. The average Bonchev–Trinajstić information content (AvgIpc) is 3.69. The van der Waals surface area contributed by atoms with Crippen LogP contribution in [0.4, 0.5) is 5.69 Å². The first-order valence-corrected chi connectivity index (χ1v) is 12.8. The third kappa shape index (κ3) is 3.13. The van der Waals surface area contributed by atoms with E-state index in [4.69, 9.17) is 9.15 Å². The summed E-state index contributed by atoms with van der Waals surface area (Å²) in [4.78, 5) is 45.2. The third-order valence-electron chi connectivity index (χ3n) is 8.24. The minimum absolute atomic E-state index is 0.108. The van der Waals surface area contributed by atoms with Crippen molar-refractivity contribution < 1.29 is 23.5 Å². The number of amides is 1. The highest BCUT2D eigenvalue weighted by Gasteiger charge is 2.71. The molecule has 1 fully saturated rings. The Bertz CT molecular complexity index is 1670. The van der Waals surface area contributed by atoms with Crippen LogP contribution in [0.2, 0.25) is 0 Å². The van der Waals surface area contributed by atoms with Gasteiger partial charge in [0, 0.05) is 17.5 Å². The Morgan fingerprint density at radius 2 is 1.77 bits per heavy atom. The van der Waals surface area contributed by atoms with Crippen LogP contribution in [0.15, 0.2) is 102 Å². The summed E-state index contributed by atoms with van der Waals surface area (Å²) in [6, 6.07) is 23.8. The largest absolute Gasteiger partial charge is 0.497 e. The van der Waals surface area contributed by atoms with Crippen molar-refractivity contribution in [1.29, 1.82) is 0 Å². The maximum absolute atomic E-state index is 14.5. The minimum Gasteiger partial charge on any atom is -0.497 e. The fourth-order valence-corrected chi connectivity index (χ4v) is 6.69. The van der Waals surface area contributed by atoms with Crippen molar-refractivity contribution in [3.05, 3.63) is 125 Å². The number of Topliss-reactive ketones (excluding diaryl/α,β-unsaturated/α-hetero) is 2. The molecular weight excluding hydrogens is 492 g/mol. The number of fused-ring (bicyclic) bond motifs is 6. The molecule has 3 aliphatic rings. The van der Waals surface area contributed by atoms with E-state index in [0.29, 0.717) is 22.6 Å². The fraction of sp³-hybridized carbons (Fsp3) is 0.156. The number of hydrogen-bond acceptors (Lipinski definition) is 6. The number of ether oxygens (including phenoxy) is 1. The SMILES string of the molecule is COc1cccc(C(=O)C2C(C(=O)c3ccco3)C3(C(=O)Nc4ccccc43)C3c4ccccc4C=CN23)c1. The van der Waals surface area contributed by atoms with E-state index in [1.54, 1.807) is 36.4 Å². The molecule has 4 heterocycles. The predicted molar refractivity (Wildman–Crippen MR) is 144 cm³/mol. The van der Waals surface area contributed by atoms with Crippen molar-refractivity contribution in [2.45, 2.75) is 17.5 Å². The number of nitrogens with zero attached hydrogens (tertiary/aromatic N) is 1. The molecule has 4 atom stereocenters. The Morgan fingerprint density at radius 3 is 2.59 bits per heavy atom. The van der Waals surface area contributed by atoms with E-state index in [-0.39, 0.29) is 17.5 Å². The van der Waals surface area contributed by atoms with E-state index < -0.39 is 29.2 Å². The van der Waals surface area contributed by atoms with Gasteiger partial charge in [-0.15, -0.1) is 0 Å². The Morgan fingerprint density at radius 1 is 0.949 bits per heavy atom. The number of methoxy groups -OCH3 is 1. The first-order chi connectivity index (χ1) is 19.1. The summed E-state index contributed by atoms with van der Waals surface area (Å²) < 4.78 is 11.0. The summed E-state index contributed by atoms with van der Waals surface area (Å²) in [5, 5.41) is 3.04. The van der Waals surface area contributed by atoms with Gasteiger partial charge in [0.05, 0.1) is 25.3 Å². The molecule has 39 heavy (non-hydrogen) atoms. The van der Waals surface area contributed by atoms with Gasteiger partial charge in [0.15, 0.2) is 11.5 Å². The molecular formula is C32H24N2O5. The van der Waals surface area contributed by atoms with Gasteiger partial charge < -0.3 is 19.4 Å². The molecule has 1 saturated heterocycles. The first kappa shape index (κ1) is 23.2. The topological polar surface area (TPSA) is 88.9 Å². The third-order valence-corrected chi connectivity index (χ3v) is 8.24. The maximum Gasteiger partial charge on any atom is 0.238 e. The lowest BCUT2D eigenvalue weighted by atomic mass is 9.63. The predicted octanol–water partition coefficient (Wildman–Crippen LogP) is 5.27. The molecule has 4 unspecified atom stereocenters. The van der Waals surface area contributed by atoms with Crippen molar-refractivity contribution in [1.82, 2.24) is 4.90 Å². The number of anilines is 1. The highest BCUT2D eigenvalue weighted by molar-refractivity contribution is 6.16. The zero-order valence-electron chi connectivity index (χ0n) is 21.0. The van der Waals surface area contributed by atoms with E-state index >= 15 is 0 Å². The fourth-order valence-electron chi connectivity index (χ4n) is 6.69. The van der Waals surface area contributed by atoms with E-state index in [0.717, 1.165) is 11.1 Å². The number of nitrogens with one attached hydrogen (secondary N) is 1. The summed E-state index contributed by atoms with van der Waals surface area (Å²) in [7, 11) is 1.54. The second kappa shape index (κ2) is 8.56. The lowest BCUT2D eigenvalue weighted by molar-refractivity contribution is -0.122. The summed E-state index contributed by atoms with van der Waals surface area (Å²) in [6.07, 6.45) is 5.21. The molecule has 192 valence electrons. The van der Waals surface area contributed by atoms with Gasteiger partial charge in [-0.25, -0.2) is 0 Å². The summed E-state index contributed by atoms with van der Waals surface area (Å²) in [6.45, 7) is 0. The highest BCUT2D eigenvalue weighted by Crippen LogP contribution is 2.62. The van der Waals surface area contributed by atoms with Crippen LogP contribution in [0.3, 0.4) is 0 Å². The van der Waals surface area contributed by atoms with Gasteiger partial charge in [-0.2, -0.15) is 0 Å². The van der Waals surface area contributed by atoms with Crippen LogP contribution < -0.4 is 10.1 Å². The van der Waals surface area contributed by atoms with E-state index in [2.05, 4.69) is 5.32 Å². The molecule has 3 aromatic carbocycles. The van der Waals surface area contributed by atoms with Crippen LogP contribution in [0.5, 0.6) is 5.75 Å². The molecule has 1 N–H and O–H groups in total.